The molecule has 4 heteroatoms. The Hall–Kier alpha value is -1.06. The highest BCUT2D eigenvalue weighted by molar-refractivity contribution is 5.76. The predicted molar refractivity (Wildman–Crippen MR) is 108 cm³/mol. The van der Waals surface area contributed by atoms with Gasteiger partial charge in [-0.1, -0.05) is 12.8 Å². The van der Waals surface area contributed by atoms with Crippen LogP contribution in [-0.4, -0.2) is 24.2 Å². The molecule has 9 atom stereocenters. The normalized spacial score (nSPS) is 54.8. The molecule has 0 aliphatic heterocycles. The van der Waals surface area contributed by atoms with Crippen molar-refractivity contribution < 1.29 is 19.4 Å². The lowest BCUT2D eigenvalue weighted by molar-refractivity contribution is -0.153. The van der Waals surface area contributed by atoms with Crippen molar-refractivity contribution in [1.82, 2.24) is 0 Å². The number of rotatable bonds is 3. The molecule has 6 saturated carbocycles. The van der Waals surface area contributed by atoms with Crippen LogP contribution in [0, 0.1) is 51.8 Å². The SMILES string of the molecule is COC(=O)C1CC2CC3CC(C45CC6CCCC(C(=O)O)(C4)C(C6)C5)(C2)CC3C1. The molecule has 0 saturated heterocycles. The summed E-state index contributed by atoms with van der Waals surface area (Å²) in [4.78, 5) is 24.9. The highest BCUT2D eigenvalue weighted by Crippen LogP contribution is 2.77. The van der Waals surface area contributed by atoms with Gasteiger partial charge in [-0.05, 0) is 111 Å². The Morgan fingerprint density at radius 3 is 2.41 bits per heavy atom. The van der Waals surface area contributed by atoms with Crippen molar-refractivity contribution in [2.45, 2.75) is 83.5 Å². The molecule has 0 heterocycles. The smallest absolute Gasteiger partial charge is 0.309 e. The molecule has 1 N–H and O–H groups in total. The van der Waals surface area contributed by atoms with Crippen LogP contribution in [0.5, 0.6) is 0 Å². The molecule has 0 aromatic rings. The third kappa shape index (κ3) is 2.38. The van der Waals surface area contributed by atoms with Crippen LogP contribution in [0.2, 0.25) is 0 Å². The highest BCUT2D eigenvalue weighted by Gasteiger charge is 2.71. The van der Waals surface area contributed by atoms with Crippen LogP contribution in [0.3, 0.4) is 0 Å². The topological polar surface area (TPSA) is 63.6 Å². The third-order valence-corrected chi connectivity index (χ3v) is 11.2. The first-order chi connectivity index (χ1) is 13.9. The summed E-state index contributed by atoms with van der Waals surface area (Å²) < 4.78 is 5.13. The van der Waals surface area contributed by atoms with E-state index in [1.807, 2.05) is 0 Å². The molecule has 6 aliphatic rings. The van der Waals surface area contributed by atoms with E-state index in [1.54, 1.807) is 0 Å². The van der Waals surface area contributed by atoms with Crippen molar-refractivity contribution in [3.05, 3.63) is 0 Å². The Morgan fingerprint density at radius 1 is 0.897 bits per heavy atom. The second-order valence-corrected chi connectivity index (χ2v) is 12.2. The maximum atomic E-state index is 12.6. The summed E-state index contributed by atoms with van der Waals surface area (Å²) in [7, 11) is 1.54. The van der Waals surface area contributed by atoms with Gasteiger partial charge >= 0.3 is 11.9 Å². The average Bonchev–Trinajstić information content (AvgIpc) is 2.97. The molecule has 29 heavy (non-hydrogen) atoms. The number of hydrogen-bond acceptors (Lipinski definition) is 3. The molecular formula is C25H36O4. The number of ether oxygens (including phenoxy) is 1. The van der Waals surface area contributed by atoms with Crippen LogP contribution in [0.1, 0.15) is 83.5 Å². The van der Waals surface area contributed by atoms with E-state index in [1.165, 1.54) is 58.5 Å². The lowest BCUT2D eigenvalue weighted by Gasteiger charge is -2.55. The lowest BCUT2D eigenvalue weighted by atomic mass is 9.50. The van der Waals surface area contributed by atoms with Crippen molar-refractivity contribution in [1.29, 1.82) is 0 Å². The Balaban J connectivity index is 1.37. The summed E-state index contributed by atoms with van der Waals surface area (Å²) >= 11 is 0. The van der Waals surface area contributed by atoms with Crippen LogP contribution >= 0.6 is 0 Å². The summed E-state index contributed by atoms with van der Waals surface area (Å²) in [5.74, 6) is 2.85. The van der Waals surface area contributed by atoms with Gasteiger partial charge in [0.05, 0.1) is 18.4 Å². The number of methoxy groups -OCH3 is 1. The van der Waals surface area contributed by atoms with Crippen LogP contribution in [0.4, 0.5) is 0 Å². The molecule has 0 radical (unpaired) electrons. The number of carbonyl (C=O) groups is 2. The Kier molecular flexibility index (Phi) is 3.87. The maximum absolute atomic E-state index is 12.6. The first kappa shape index (κ1) is 18.7. The van der Waals surface area contributed by atoms with Gasteiger partial charge in [0, 0.05) is 0 Å². The van der Waals surface area contributed by atoms with E-state index in [4.69, 9.17) is 4.74 Å². The minimum atomic E-state index is -0.486. The Labute approximate surface area is 174 Å². The summed E-state index contributed by atoms with van der Waals surface area (Å²) in [6, 6.07) is 0. The standard InChI is InChI=1S/C25H36O4/c1-29-21(26)17-5-16-6-18-11-23(10-16,12-19(18)8-17)24-9-15-3-2-4-25(14-24,22(27)28)20(7-15)13-24/h15-20H,2-14H2,1H3,(H,27,28). The van der Waals surface area contributed by atoms with Gasteiger partial charge in [-0.2, -0.15) is 0 Å². The van der Waals surface area contributed by atoms with Gasteiger partial charge < -0.3 is 9.84 Å². The summed E-state index contributed by atoms with van der Waals surface area (Å²) in [6.45, 7) is 0. The average molecular weight is 401 g/mol. The van der Waals surface area contributed by atoms with Gasteiger partial charge in [-0.3, -0.25) is 9.59 Å². The van der Waals surface area contributed by atoms with Gasteiger partial charge in [-0.25, -0.2) is 0 Å². The Morgan fingerprint density at radius 2 is 1.66 bits per heavy atom. The third-order valence-electron chi connectivity index (χ3n) is 11.2. The minimum Gasteiger partial charge on any atom is -0.481 e. The quantitative estimate of drug-likeness (QED) is 0.673. The molecular weight excluding hydrogens is 364 g/mol. The zero-order valence-corrected chi connectivity index (χ0v) is 17.8. The molecule has 6 bridgehead atoms. The molecule has 6 fully saturated rings. The van der Waals surface area contributed by atoms with Gasteiger partial charge in [0.2, 0.25) is 0 Å². The van der Waals surface area contributed by atoms with E-state index in [0.717, 1.165) is 43.9 Å². The number of carboxylic acid groups (broad SMARTS) is 1. The van der Waals surface area contributed by atoms with Gasteiger partial charge in [-0.15, -0.1) is 0 Å². The second-order valence-electron chi connectivity index (χ2n) is 12.2. The number of esters is 1. The summed E-state index contributed by atoms with van der Waals surface area (Å²) in [6.07, 6.45) is 15.1. The number of carboxylic acids is 1. The van der Waals surface area contributed by atoms with E-state index in [-0.39, 0.29) is 17.3 Å². The first-order valence-electron chi connectivity index (χ1n) is 12.2. The highest BCUT2D eigenvalue weighted by atomic mass is 16.5. The van der Waals surface area contributed by atoms with Gasteiger partial charge in [0.25, 0.3) is 0 Å². The van der Waals surface area contributed by atoms with Crippen LogP contribution in [-0.2, 0) is 14.3 Å². The molecule has 0 spiro atoms. The van der Waals surface area contributed by atoms with Gasteiger partial charge in [0.15, 0.2) is 0 Å². The zero-order chi connectivity index (χ0) is 20.0. The van der Waals surface area contributed by atoms with Crippen molar-refractivity contribution in [3.8, 4) is 0 Å². The molecule has 6 rings (SSSR count). The molecule has 9 unspecified atom stereocenters. The van der Waals surface area contributed by atoms with E-state index in [2.05, 4.69) is 0 Å². The fourth-order valence-corrected chi connectivity index (χ4v) is 10.4. The summed E-state index contributed by atoms with van der Waals surface area (Å²) in [5, 5.41) is 10.4. The monoisotopic (exact) mass is 400 g/mol. The maximum Gasteiger partial charge on any atom is 0.309 e. The largest absolute Gasteiger partial charge is 0.481 e. The molecule has 0 aromatic carbocycles. The fourth-order valence-electron chi connectivity index (χ4n) is 10.4. The number of fused-ring (bicyclic) bond motifs is 5. The molecule has 0 aromatic heterocycles. The van der Waals surface area contributed by atoms with Crippen molar-refractivity contribution in [2.24, 2.45) is 51.8 Å². The van der Waals surface area contributed by atoms with Crippen LogP contribution in [0.15, 0.2) is 0 Å². The van der Waals surface area contributed by atoms with Crippen LogP contribution < -0.4 is 0 Å². The molecule has 0 amide bonds. The number of carbonyl (C=O) groups excluding carboxylic acids is 1. The second kappa shape index (κ2) is 6.01. The van der Waals surface area contributed by atoms with E-state index in [0.29, 0.717) is 23.2 Å². The number of hydrogen-bond donors (Lipinski definition) is 1. The first-order valence-corrected chi connectivity index (χ1v) is 12.2. The van der Waals surface area contributed by atoms with Crippen molar-refractivity contribution in [3.63, 3.8) is 0 Å². The van der Waals surface area contributed by atoms with E-state index >= 15 is 0 Å². The minimum absolute atomic E-state index is 0.00572. The zero-order valence-electron chi connectivity index (χ0n) is 17.8. The van der Waals surface area contributed by atoms with E-state index < -0.39 is 11.4 Å². The van der Waals surface area contributed by atoms with Gasteiger partial charge in [0.1, 0.15) is 0 Å². The van der Waals surface area contributed by atoms with Crippen LogP contribution in [0.25, 0.3) is 0 Å². The molecule has 4 nitrogen and oxygen atoms in total. The molecule has 6 aliphatic carbocycles. The fraction of sp³-hybridized carbons (Fsp3) is 0.920. The summed E-state index contributed by atoms with van der Waals surface area (Å²) in [5.41, 5.74) is 0.195. The predicted octanol–water partition coefficient (Wildman–Crippen LogP) is 5.05. The van der Waals surface area contributed by atoms with Crippen molar-refractivity contribution >= 4 is 11.9 Å². The van der Waals surface area contributed by atoms with Crippen molar-refractivity contribution in [2.75, 3.05) is 7.11 Å². The number of aliphatic carboxylic acids is 1. The molecule has 160 valence electrons. The Bertz CT molecular complexity index is 743. The van der Waals surface area contributed by atoms with E-state index in [9.17, 15) is 14.7 Å². The lowest BCUT2D eigenvalue weighted by Crippen LogP contribution is -2.46.